The molecule has 0 spiro atoms. The van der Waals surface area contributed by atoms with Crippen molar-refractivity contribution >= 4 is 32.2 Å². The van der Waals surface area contributed by atoms with E-state index in [1.54, 1.807) is 0 Å². The van der Waals surface area contributed by atoms with Crippen LogP contribution in [0.2, 0.25) is 0 Å². The number of hydrogen-bond acceptors (Lipinski definition) is 2. The van der Waals surface area contributed by atoms with Crippen LogP contribution in [-0.2, 0) is 17.6 Å². The van der Waals surface area contributed by atoms with Crippen molar-refractivity contribution in [3.05, 3.63) is 82.2 Å². The predicted octanol–water partition coefficient (Wildman–Crippen LogP) is 7.45. The largest absolute Gasteiger partial charge is 0.374 e. The van der Waals surface area contributed by atoms with Gasteiger partial charge in [-0.2, -0.15) is 0 Å². The SMILES string of the molecule is CCc1ccc2sc(Cc3cc(C4CCCCO4)c4ccccc4c3)cc2c1. The Morgan fingerprint density at radius 3 is 2.68 bits per heavy atom. The summed E-state index contributed by atoms with van der Waals surface area (Å²) in [6.07, 6.45) is 5.92. The Hall–Kier alpha value is -2.16. The summed E-state index contributed by atoms with van der Waals surface area (Å²) in [6, 6.07) is 22.8. The van der Waals surface area contributed by atoms with E-state index in [1.165, 1.54) is 55.3 Å². The van der Waals surface area contributed by atoms with Crippen molar-refractivity contribution in [2.75, 3.05) is 6.61 Å². The van der Waals surface area contributed by atoms with E-state index >= 15 is 0 Å². The second-order valence-electron chi connectivity index (χ2n) is 7.88. The van der Waals surface area contributed by atoms with Gasteiger partial charge in [0.2, 0.25) is 0 Å². The molecule has 1 unspecified atom stereocenters. The lowest BCUT2D eigenvalue weighted by molar-refractivity contribution is 0.0158. The monoisotopic (exact) mass is 386 g/mol. The molecule has 1 nitrogen and oxygen atoms in total. The highest BCUT2D eigenvalue weighted by Crippen LogP contribution is 2.35. The lowest BCUT2D eigenvalue weighted by Gasteiger charge is -2.25. The molecule has 1 atom stereocenters. The molecule has 4 aromatic rings. The van der Waals surface area contributed by atoms with Crippen LogP contribution in [0.1, 0.15) is 53.9 Å². The van der Waals surface area contributed by atoms with Crippen molar-refractivity contribution in [1.82, 2.24) is 0 Å². The summed E-state index contributed by atoms with van der Waals surface area (Å²) in [5.74, 6) is 0. The van der Waals surface area contributed by atoms with Crippen molar-refractivity contribution in [2.24, 2.45) is 0 Å². The maximum absolute atomic E-state index is 6.15. The van der Waals surface area contributed by atoms with Crippen molar-refractivity contribution in [1.29, 1.82) is 0 Å². The predicted molar refractivity (Wildman–Crippen MR) is 121 cm³/mol. The van der Waals surface area contributed by atoms with Crippen LogP contribution >= 0.6 is 11.3 Å². The maximum Gasteiger partial charge on any atom is 0.0831 e. The molecule has 0 saturated carbocycles. The Labute approximate surface area is 171 Å². The van der Waals surface area contributed by atoms with Gasteiger partial charge in [0.15, 0.2) is 0 Å². The highest BCUT2D eigenvalue weighted by atomic mass is 32.1. The number of thiophene rings is 1. The number of fused-ring (bicyclic) bond motifs is 2. The molecule has 0 amide bonds. The van der Waals surface area contributed by atoms with Gasteiger partial charge in [0.05, 0.1) is 6.10 Å². The summed E-state index contributed by atoms with van der Waals surface area (Å²) in [6.45, 7) is 3.11. The van der Waals surface area contributed by atoms with Gasteiger partial charge in [0.25, 0.3) is 0 Å². The second kappa shape index (κ2) is 7.69. The van der Waals surface area contributed by atoms with Crippen LogP contribution < -0.4 is 0 Å². The molecule has 5 rings (SSSR count). The normalized spacial score (nSPS) is 17.4. The van der Waals surface area contributed by atoms with Crippen molar-refractivity contribution in [3.8, 4) is 0 Å². The van der Waals surface area contributed by atoms with Crippen LogP contribution in [0.5, 0.6) is 0 Å². The van der Waals surface area contributed by atoms with Crippen LogP contribution in [0.25, 0.3) is 20.9 Å². The lowest BCUT2D eigenvalue weighted by atomic mass is 9.92. The van der Waals surface area contributed by atoms with Crippen molar-refractivity contribution in [3.63, 3.8) is 0 Å². The topological polar surface area (TPSA) is 9.23 Å². The zero-order valence-electron chi connectivity index (χ0n) is 16.4. The van der Waals surface area contributed by atoms with E-state index in [9.17, 15) is 0 Å². The van der Waals surface area contributed by atoms with Gasteiger partial charge in [-0.25, -0.2) is 0 Å². The molecule has 2 heteroatoms. The lowest BCUT2D eigenvalue weighted by Crippen LogP contribution is -2.12. The standard InChI is InChI=1S/C26H26OS/c1-2-18-10-11-26-21(13-18)17-22(28-26)15-19-14-20-7-3-4-8-23(20)24(16-19)25-9-5-6-12-27-25/h3-4,7-8,10-11,13-14,16-17,25H,2,5-6,9,12,15H2,1H3. The summed E-state index contributed by atoms with van der Waals surface area (Å²) >= 11 is 1.93. The molecule has 1 aromatic heterocycles. The van der Waals surface area contributed by atoms with Gasteiger partial charge in [-0.15, -0.1) is 11.3 Å². The van der Waals surface area contributed by atoms with E-state index in [0.29, 0.717) is 0 Å². The Bertz CT molecular complexity index is 1120. The van der Waals surface area contributed by atoms with E-state index in [1.807, 2.05) is 11.3 Å². The number of rotatable bonds is 4. The van der Waals surface area contributed by atoms with Gasteiger partial charge < -0.3 is 4.74 Å². The third-order valence-corrected chi connectivity index (χ3v) is 7.01. The van der Waals surface area contributed by atoms with Crippen LogP contribution in [0.3, 0.4) is 0 Å². The fourth-order valence-corrected chi connectivity index (χ4v) is 5.49. The molecular formula is C26H26OS. The molecule has 0 bridgehead atoms. The fraction of sp³-hybridized carbons (Fsp3) is 0.308. The average Bonchev–Trinajstić information content (AvgIpc) is 3.15. The Morgan fingerprint density at radius 2 is 1.82 bits per heavy atom. The van der Waals surface area contributed by atoms with E-state index in [0.717, 1.165) is 25.9 Å². The Kier molecular flexibility index (Phi) is 4.92. The molecule has 0 radical (unpaired) electrons. The first kappa shape index (κ1) is 17.9. The van der Waals surface area contributed by atoms with E-state index in [-0.39, 0.29) is 6.10 Å². The molecule has 0 aliphatic carbocycles. The number of aryl methyl sites for hydroxylation is 1. The van der Waals surface area contributed by atoms with Gasteiger partial charge in [0, 0.05) is 22.6 Å². The quantitative estimate of drug-likeness (QED) is 0.354. The van der Waals surface area contributed by atoms with Crippen molar-refractivity contribution in [2.45, 2.75) is 45.1 Å². The van der Waals surface area contributed by atoms with Gasteiger partial charge in [0.1, 0.15) is 0 Å². The zero-order valence-corrected chi connectivity index (χ0v) is 17.2. The second-order valence-corrected chi connectivity index (χ2v) is 9.04. The summed E-state index contributed by atoms with van der Waals surface area (Å²) in [5.41, 5.74) is 4.19. The fourth-order valence-electron chi connectivity index (χ4n) is 4.42. The maximum atomic E-state index is 6.15. The van der Waals surface area contributed by atoms with Crippen LogP contribution in [-0.4, -0.2) is 6.61 Å². The third-order valence-electron chi connectivity index (χ3n) is 5.90. The molecular weight excluding hydrogens is 360 g/mol. The molecule has 1 aliphatic heterocycles. The van der Waals surface area contributed by atoms with E-state index in [4.69, 9.17) is 4.74 Å². The molecule has 1 saturated heterocycles. The minimum absolute atomic E-state index is 0.244. The summed E-state index contributed by atoms with van der Waals surface area (Å²) in [4.78, 5) is 1.44. The number of hydrogen-bond donors (Lipinski definition) is 0. The molecule has 0 N–H and O–H groups in total. The smallest absolute Gasteiger partial charge is 0.0831 e. The first-order valence-corrected chi connectivity index (χ1v) is 11.3. The first-order chi connectivity index (χ1) is 13.8. The van der Waals surface area contributed by atoms with Crippen LogP contribution in [0, 0.1) is 0 Å². The van der Waals surface area contributed by atoms with E-state index in [2.05, 4.69) is 67.6 Å². The van der Waals surface area contributed by atoms with E-state index < -0.39 is 0 Å². The molecule has 142 valence electrons. The summed E-state index contributed by atoms with van der Waals surface area (Å²) in [5, 5.41) is 4.07. The Morgan fingerprint density at radius 1 is 0.929 bits per heavy atom. The van der Waals surface area contributed by atoms with Gasteiger partial charge in [-0.05, 0) is 70.7 Å². The summed E-state index contributed by atoms with van der Waals surface area (Å²) < 4.78 is 7.55. The molecule has 3 aromatic carbocycles. The number of benzene rings is 3. The highest BCUT2D eigenvalue weighted by Gasteiger charge is 2.19. The minimum Gasteiger partial charge on any atom is -0.374 e. The van der Waals surface area contributed by atoms with Gasteiger partial charge in [-0.3, -0.25) is 0 Å². The van der Waals surface area contributed by atoms with Crippen LogP contribution in [0.15, 0.2) is 60.7 Å². The Balaban J connectivity index is 1.53. The highest BCUT2D eigenvalue weighted by molar-refractivity contribution is 7.19. The van der Waals surface area contributed by atoms with Gasteiger partial charge >= 0.3 is 0 Å². The van der Waals surface area contributed by atoms with Gasteiger partial charge in [-0.1, -0.05) is 55.5 Å². The number of ether oxygens (including phenoxy) is 1. The molecule has 1 fully saturated rings. The molecule has 28 heavy (non-hydrogen) atoms. The molecule has 2 heterocycles. The average molecular weight is 387 g/mol. The first-order valence-electron chi connectivity index (χ1n) is 10.4. The minimum atomic E-state index is 0.244. The zero-order chi connectivity index (χ0) is 18.9. The molecule has 1 aliphatic rings. The van der Waals surface area contributed by atoms with Crippen molar-refractivity contribution < 1.29 is 4.74 Å². The van der Waals surface area contributed by atoms with Crippen LogP contribution in [0.4, 0.5) is 0 Å². The summed E-state index contributed by atoms with van der Waals surface area (Å²) in [7, 11) is 0. The third kappa shape index (κ3) is 3.47.